The van der Waals surface area contributed by atoms with Crippen LogP contribution in [-0.2, 0) is 14.3 Å². The summed E-state index contributed by atoms with van der Waals surface area (Å²) in [7, 11) is 0. The molecule has 4 heteroatoms. The Morgan fingerprint density at radius 2 is 1.77 bits per heavy atom. The lowest BCUT2D eigenvalue weighted by atomic mass is 10.2. The van der Waals surface area contributed by atoms with Crippen molar-refractivity contribution >= 4 is 11.9 Å². The van der Waals surface area contributed by atoms with Gasteiger partial charge in [-0.2, -0.15) is 0 Å². The third-order valence-electron chi connectivity index (χ3n) is 1.20. The smallest absolute Gasteiger partial charge is 0.306 e. The summed E-state index contributed by atoms with van der Waals surface area (Å²) in [5.74, 6) is -0.947. The van der Waals surface area contributed by atoms with E-state index in [-0.39, 0.29) is 18.8 Å². The summed E-state index contributed by atoms with van der Waals surface area (Å²) in [4.78, 5) is 21.3. The first kappa shape index (κ1) is 11.9. The average Bonchev–Trinajstić information content (AvgIpc) is 1.81. The van der Waals surface area contributed by atoms with E-state index in [1.807, 2.05) is 0 Å². The van der Waals surface area contributed by atoms with Crippen molar-refractivity contribution in [3.8, 4) is 0 Å². The Bertz CT molecular complexity index is 194. The number of hydrogen-bond donors (Lipinski definition) is 0. The molecule has 0 spiro atoms. The summed E-state index contributed by atoms with van der Waals surface area (Å²) in [5, 5.41) is 0. The highest BCUT2D eigenvalue weighted by molar-refractivity contribution is 5.74. The first-order valence-electron chi connectivity index (χ1n) is 4.27. The van der Waals surface area contributed by atoms with E-state index >= 15 is 0 Å². The molecule has 0 aromatic rings. The average molecular weight is 186 g/mol. The summed E-state index contributed by atoms with van der Waals surface area (Å²) in [6, 6.07) is 0. The highest BCUT2D eigenvalue weighted by Crippen LogP contribution is 2.09. The number of carbonyl (C=O) groups is 2. The molecular formula is C9H16NO3. The summed E-state index contributed by atoms with van der Waals surface area (Å²) in [5.41, 5.74) is 6.14. The van der Waals surface area contributed by atoms with Crippen LogP contribution < -0.4 is 5.73 Å². The van der Waals surface area contributed by atoms with Crippen LogP contribution in [0.4, 0.5) is 0 Å². The molecule has 1 N–H and O–H groups in total. The van der Waals surface area contributed by atoms with Gasteiger partial charge in [0.15, 0.2) is 0 Å². The Hall–Kier alpha value is -1.06. The standard InChI is InChI=1S/C9H16NO3/c1-9(2,3)13-8(12)6-4-5-7(10)11/h10H,4-6H2,1-3H3. The van der Waals surface area contributed by atoms with Crippen LogP contribution in [-0.4, -0.2) is 17.5 Å². The minimum atomic E-state index is -0.636. The lowest BCUT2D eigenvalue weighted by Gasteiger charge is -2.19. The van der Waals surface area contributed by atoms with Gasteiger partial charge in [-0.1, -0.05) is 0 Å². The molecular weight excluding hydrogens is 170 g/mol. The molecule has 0 aliphatic heterocycles. The van der Waals surface area contributed by atoms with E-state index in [0.29, 0.717) is 6.42 Å². The normalized spacial score (nSPS) is 11.0. The summed E-state index contributed by atoms with van der Waals surface area (Å²) < 4.78 is 5.01. The Morgan fingerprint density at radius 1 is 1.23 bits per heavy atom. The van der Waals surface area contributed by atoms with Crippen molar-refractivity contribution in [2.24, 2.45) is 0 Å². The number of rotatable bonds is 4. The second-order valence-electron chi connectivity index (χ2n) is 3.86. The van der Waals surface area contributed by atoms with E-state index in [2.05, 4.69) is 0 Å². The van der Waals surface area contributed by atoms with Crippen molar-refractivity contribution in [1.82, 2.24) is 5.73 Å². The minimum absolute atomic E-state index is 0.124. The van der Waals surface area contributed by atoms with E-state index < -0.39 is 11.5 Å². The van der Waals surface area contributed by atoms with Crippen LogP contribution in [0.3, 0.4) is 0 Å². The van der Waals surface area contributed by atoms with Crippen molar-refractivity contribution in [3.63, 3.8) is 0 Å². The third-order valence-corrected chi connectivity index (χ3v) is 1.20. The van der Waals surface area contributed by atoms with Crippen LogP contribution in [0.25, 0.3) is 0 Å². The van der Waals surface area contributed by atoms with E-state index in [1.165, 1.54) is 0 Å². The van der Waals surface area contributed by atoms with E-state index in [1.54, 1.807) is 20.8 Å². The molecule has 0 atom stereocenters. The van der Waals surface area contributed by atoms with Crippen molar-refractivity contribution < 1.29 is 14.3 Å². The van der Waals surface area contributed by atoms with Crippen LogP contribution in [0.1, 0.15) is 40.0 Å². The lowest BCUT2D eigenvalue weighted by molar-refractivity contribution is -0.154. The fourth-order valence-electron chi connectivity index (χ4n) is 0.786. The van der Waals surface area contributed by atoms with E-state index in [0.717, 1.165) is 0 Å². The topological polar surface area (TPSA) is 67.2 Å². The van der Waals surface area contributed by atoms with Crippen LogP contribution in [0, 0.1) is 0 Å². The number of hydrogen-bond acceptors (Lipinski definition) is 3. The fraction of sp³-hybridized carbons (Fsp3) is 0.778. The number of ether oxygens (including phenoxy) is 1. The van der Waals surface area contributed by atoms with Crippen molar-refractivity contribution in [3.05, 3.63) is 0 Å². The molecule has 75 valence electrons. The Morgan fingerprint density at radius 3 is 2.15 bits per heavy atom. The van der Waals surface area contributed by atoms with Gasteiger partial charge in [0.25, 0.3) is 0 Å². The number of carbonyl (C=O) groups excluding carboxylic acids is 2. The lowest BCUT2D eigenvalue weighted by Crippen LogP contribution is -2.23. The number of nitrogens with one attached hydrogen (secondary N) is 1. The molecule has 0 saturated carbocycles. The van der Waals surface area contributed by atoms with Crippen molar-refractivity contribution in [2.75, 3.05) is 0 Å². The van der Waals surface area contributed by atoms with E-state index in [9.17, 15) is 9.59 Å². The predicted octanol–water partition coefficient (Wildman–Crippen LogP) is 1.31. The van der Waals surface area contributed by atoms with Gasteiger partial charge in [-0.05, 0) is 27.2 Å². The van der Waals surface area contributed by atoms with Gasteiger partial charge in [-0.25, -0.2) is 0 Å². The van der Waals surface area contributed by atoms with Gasteiger partial charge in [0, 0.05) is 12.8 Å². The van der Waals surface area contributed by atoms with Gasteiger partial charge < -0.3 is 4.74 Å². The summed E-state index contributed by atoms with van der Waals surface area (Å²) >= 11 is 0. The molecule has 0 aliphatic carbocycles. The summed E-state index contributed by atoms with van der Waals surface area (Å²) in [6.45, 7) is 5.38. The molecule has 1 radical (unpaired) electrons. The van der Waals surface area contributed by atoms with Gasteiger partial charge >= 0.3 is 5.97 Å². The van der Waals surface area contributed by atoms with Crippen molar-refractivity contribution in [2.45, 2.75) is 45.6 Å². The first-order chi connectivity index (χ1) is 5.81. The van der Waals surface area contributed by atoms with Gasteiger partial charge in [0.05, 0.1) is 0 Å². The quantitative estimate of drug-likeness (QED) is 0.621. The monoisotopic (exact) mass is 186 g/mol. The van der Waals surface area contributed by atoms with Gasteiger partial charge in [-0.15, -0.1) is 0 Å². The van der Waals surface area contributed by atoms with Gasteiger partial charge in [0.1, 0.15) is 5.60 Å². The predicted molar refractivity (Wildman–Crippen MR) is 47.8 cm³/mol. The Balaban J connectivity index is 3.59. The second-order valence-corrected chi connectivity index (χ2v) is 3.86. The SMILES string of the molecule is CC(C)(C)OC(=O)CCCC([NH])=O. The highest BCUT2D eigenvalue weighted by atomic mass is 16.6. The molecule has 0 bridgehead atoms. The molecule has 0 rings (SSSR count). The van der Waals surface area contributed by atoms with Crippen LogP contribution in [0.2, 0.25) is 0 Å². The molecule has 0 fully saturated rings. The van der Waals surface area contributed by atoms with Gasteiger partial charge in [-0.3, -0.25) is 15.3 Å². The molecule has 13 heavy (non-hydrogen) atoms. The molecule has 0 aromatic carbocycles. The zero-order valence-electron chi connectivity index (χ0n) is 8.35. The number of esters is 1. The molecule has 0 saturated heterocycles. The minimum Gasteiger partial charge on any atom is -0.460 e. The second kappa shape index (κ2) is 4.84. The molecule has 4 nitrogen and oxygen atoms in total. The van der Waals surface area contributed by atoms with Crippen LogP contribution >= 0.6 is 0 Å². The fourth-order valence-corrected chi connectivity index (χ4v) is 0.786. The molecule has 0 heterocycles. The van der Waals surface area contributed by atoms with Crippen LogP contribution in [0.15, 0.2) is 0 Å². The van der Waals surface area contributed by atoms with E-state index in [4.69, 9.17) is 10.5 Å². The molecule has 0 aromatic heterocycles. The first-order valence-corrected chi connectivity index (χ1v) is 4.27. The largest absolute Gasteiger partial charge is 0.460 e. The van der Waals surface area contributed by atoms with Crippen LogP contribution in [0.5, 0.6) is 0 Å². The zero-order chi connectivity index (χ0) is 10.5. The number of amides is 1. The van der Waals surface area contributed by atoms with Gasteiger partial charge in [0.2, 0.25) is 5.91 Å². The Labute approximate surface area is 78.4 Å². The highest BCUT2D eigenvalue weighted by Gasteiger charge is 2.15. The third kappa shape index (κ3) is 8.85. The maximum Gasteiger partial charge on any atom is 0.306 e. The van der Waals surface area contributed by atoms with Crippen molar-refractivity contribution in [1.29, 1.82) is 0 Å². The summed E-state index contributed by atoms with van der Waals surface area (Å²) in [6.07, 6.45) is 0.735. The maximum atomic E-state index is 11.0. The Kier molecular flexibility index (Phi) is 4.45. The zero-order valence-corrected chi connectivity index (χ0v) is 8.35. The molecule has 0 unspecified atom stereocenters. The molecule has 1 amide bonds. The maximum absolute atomic E-state index is 11.0. The molecule has 0 aliphatic rings.